The number of carbonyl (C=O) groups excluding carboxylic acids is 2. The molecule has 0 fully saturated rings. The van der Waals surface area contributed by atoms with Crippen LogP contribution in [0.1, 0.15) is 6.42 Å². The van der Waals surface area contributed by atoms with Crippen LogP contribution in [0.3, 0.4) is 0 Å². The van der Waals surface area contributed by atoms with E-state index in [2.05, 4.69) is 0 Å². The molecule has 0 radical (unpaired) electrons. The maximum atomic E-state index is 12.4. The fourth-order valence-corrected chi connectivity index (χ4v) is 2.57. The van der Waals surface area contributed by atoms with Gasteiger partial charge in [0.05, 0.1) is 5.69 Å². The van der Waals surface area contributed by atoms with Crippen molar-refractivity contribution in [1.29, 1.82) is 0 Å². The van der Waals surface area contributed by atoms with Crippen molar-refractivity contribution < 1.29 is 14.3 Å². The van der Waals surface area contributed by atoms with Gasteiger partial charge in [0.1, 0.15) is 5.75 Å². The zero-order valence-electron chi connectivity index (χ0n) is 12.9. The highest BCUT2D eigenvalue weighted by Gasteiger charge is 2.25. The minimum absolute atomic E-state index is 0.0136. The first-order valence-electron chi connectivity index (χ1n) is 7.50. The molecule has 0 saturated carbocycles. The molecule has 3 rings (SSSR count). The first kappa shape index (κ1) is 15.1. The Kier molecular flexibility index (Phi) is 4.28. The highest BCUT2D eigenvalue weighted by molar-refractivity contribution is 5.99. The van der Waals surface area contributed by atoms with E-state index < -0.39 is 0 Å². The van der Waals surface area contributed by atoms with E-state index in [1.54, 1.807) is 16.8 Å². The summed E-state index contributed by atoms with van der Waals surface area (Å²) in [5, 5.41) is 0. The zero-order chi connectivity index (χ0) is 16.2. The Morgan fingerprint density at radius 3 is 2.61 bits per heavy atom. The van der Waals surface area contributed by atoms with Gasteiger partial charge in [0.25, 0.3) is 5.91 Å². The highest BCUT2D eigenvalue weighted by Crippen LogP contribution is 2.31. The largest absolute Gasteiger partial charge is 0.482 e. The van der Waals surface area contributed by atoms with Crippen LogP contribution in [0.5, 0.6) is 5.75 Å². The molecule has 2 aromatic carbocycles. The van der Waals surface area contributed by atoms with Crippen molar-refractivity contribution >= 4 is 23.2 Å². The fourth-order valence-electron chi connectivity index (χ4n) is 2.57. The standard InChI is InChI=1S/C18H18N2O3/c1-19(14-7-3-2-4-8-14)17(21)11-12-20-15-9-5-6-10-16(15)23-13-18(20)22/h2-10H,11-13H2,1H3. The topological polar surface area (TPSA) is 49.9 Å². The quantitative estimate of drug-likeness (QED) is 0.871. The SMILES string of the molecule is CN(C(=O)CCN1C(=O)COc2ccccc21)c1ccccc1. The van der Waals surface area contributed by atoms with Crippen molar-refractivity contribution in [2.24, 2.45) is 0 Å². The summed E-state index contributed by atoms with van der Waals surface area (Å²) in [7, 11) is 1.74. The molecule has 0 unspecified atom stereocenters. The number of benzene rings is 2. The molecule has 118 valence electrons. The second-order valence-electron chi connectivity index (χ2n) is 5.34. The van der Waals surface area contributed by atoms with Gasteiger partial charge in [-0.2, -0.15) is 0 Å². The second-order valence-corrected chi connectivity index (χ2v) is 5.34. The molecule has 5 nitrogen and oxygen atoms in total. The molecule has 2 aromatic rings. The van der Waals surface area contributed by atoms with Gasteiger partial charge in [-0.15, -0.1) is 0 Å². The van der Waals surface area contributed by atoms with Crippen LogP contribution in [0.2, 0.25) is 0 Å². The Labute approximate surface area is 135 Å². The number of para-hydroxylation sites is 3. The number of anilines is 2. The van der Waals surface area contributed by atoms with Crippen LogP contribution >= 0.6 is 0 Å². The third kappa shape index (κ3) is 3.18. The van der Waals surface area contributed by atoms with Gasteiger partial charge in [0.15, 0.2) is 6.61 Å². The third-order valence-electron chi connectivity index (χ3n) is 3.88. The molecule has 0 aromatic heterocycles. The maximum absolute atomic E-state index is 12.4. The molecular weight excluding hydrogens is 292 g/mol. The molecular formula is C18H18N2O3. The highest BCUT2D eigenvalue weighted by atomic mass is 16.5. The number of amides is 2. The lowest BCUT2D eigenvalue weighted by Crippen LogP contribution is -2.41. The summed E-state index contributed by atoms with van der Waals surface area (Å²) in [6.07, 6.45) is 0.255. The van der Waals surface area contributed by atoms with Crippen molar-refractivity contribution in [1.82, 2.24) is 0 Å². The molecule has 0 aliphatic carbocycles. The number of hydrogen-bond donors (Lipinski definition) is 0. The predicted octanol–water partition coefficient (Wildman–Crippen LogP) is 2.47. The Morgan fingerprint density at radius 1 is 1.13 bits per heavy atom. The van der Waals surface area contributed by atoms with Gasteiger partial charge in [-0.1, -0.05) is 30.3 Å². The number of ether oxygens (including phenoxy) is 1. The molecule has 0 atom stereocenters. The van der Waals surface area contributed by atoms with Gasteiger partial charge in [-0.05, 0) is 24.3 Å². The molecule has 0 saturated heterocycles. The van der Waals surface area contributed by atoms with Crippen molar-refractivity contribution in [3.63, 3.8) is 0 Å². The lowest BCUT2D eigenvalue weighted by Gasteiger charge is -2.29. The van der Waals surface area contributed by atoms with Crippen LogP contribution in [0.4, 0.5) is 11.4 Å². The second kappa shape index (κ2) is 6.52. The molecule has 23 heavy (non-hydrogen) atoms. The molecule has 1 aliphatic heterocycles. The molecule has 0 spiro atoms. The van der Waals surface area contributed by atoms with Crippen molar-refractivity contribution in [3.05, 3.63) is 54.6 Å². The van der Waals surface area contributed by atoms with Gasteiger partial charge in [-0.25, -0.2) is 0 Å². The summed E-state index contributed by atoms with van der Waals surface area (Å²) in [6, 6.07) is 16.8. The van der Waals surface area contributed by atoms with Crippen molar-refractivity contribution in [2.75, 3.05) is 30.0 Å². The lowest BCUT2D eigenvalue weighted by molar-refractivity contribution is -0.121. The molecule has 2 amide bonds. The van der Waals surface area contributed by atoms with E-state index in [1.165, 1.54) is 0 Å². The molecule has 0 bridgehead atoms. The van der Waals surface area contributed by atoms with Gasteiger partial charge in [0, 0.05) is 25.7 Å². The number of rotatable bonds is 4. The van der Waals surface area contributed by atoms with E-state index in [1.807, 2.05) is 54.6 Å². The predicted molar refractivity (Wildman–Crippen MR) is 88.8 cm³/mol. The summed E-state index contributed by atoms with van der Waals surface area (Å²) >= 11 is 0. The number of hydrogen-bond acceptors (Lipinski definition) is 3. The maximum Gasteiger partial charge on any atom is 0.265 e. The van der Waals surface area contributed by atoms with Crippen LogP contribution in [-0.4, -0.2) is 32.0 Å². The summed E-state index contributed by atoms with van der Waals surface area (Å²) in [6.45, 7) is 0.356. The number of fused-ring (bicyclic) bond motifs is 1. The van der Waals surface area contributed by atoms with Crippen LogP contribution in [-0.2, 0) is 9.59 Å². The summed E-state index contributed by atoms with van der Waals surface area (Å²) in [5.74, 6) is 0.516. The monoisotopic (exact) mass is 310 g/mol. The van der Waals surface area contributed by atoms with E-state index in [4.69, 9.17) is 4.74 Å². The lowest BCUT2D eigenvalue weighted by atomic mass is 10.2. The zero-order valence-corrected chi connectivity index (χ0v) is 12.9. The van der Waals surface area contributed by atoms with Crippen LogP contribution in [0.15, 0.2) is 54.6 Å². The minimum atomic E-state index is -0.126. The Morgan fingerprint density at radius 2 is 1.83 bits per heavy atom. The summed E-state index contributed by atoms with van der Waals surface area (Å²) < 4.78 is 5.40. The fraction of sp³-hybridized carbons (Fsp3) is 0.222. The average Bonchev–Trinajstić information content (AvgIpc) is 2.60. The van der Waals surface area contributed by atoms with Gasteiger partial charge in [0.2, 0.25) is 5.91 Å². The molecule has 1 heterocycles. The van der Waals surface area contributed by atoms with E-state index in [0.717, 1.165) is 11.4 Å². The first-order valence-corrected chi connectivity index (χ1v) is 7.50. The van der Waals surface area contributed by atoms with E-state index in [9.17, 15) is 9.59 Å². The van der Waals surface area contributed by atoms with Crippen LogP contribution in [0, 0.1) is 0 Å². The van der Waals surface area contributed by atoms with Gasteiger partial charge in [-0.3, -0.25) is 9.59 Å². The Balaban J connectivity index is 1.68. The van der Waals surface area contributed by atoms with E-state index >= 15 is 0 Å². The van der Waals surface area contributed by atoms with E-state index in [-0.39, 0.29) is 24.8 Å². The molecule has 0 N–H and O–H groups in total. The number of carbonyl (C=O) groups is 2. The first-order chi connectivity index (χ1) is 11.2. The summed E-state index contributed by atoms with van der Waals surface area (Å²) in [4.78, 5) is 27.7. The van der Waals surface area contributed by atoms with E-state index in [0.29, 0.717) is 12.3 Å². The molecule has 1 aliphatic rings. The van der Waals surface area contributed by atoms with Crippen LogP contribution < -0.4 is 14.5 Å². The van der Waals surface area contributed by atoms with Crippen molar-refractivity contribution in [3.8, 4) is 5.75 Å². The minimum Gasteiger partial charge on any atom is -0.482 e. The molecule has 5 heteroatoms. The Bertz CT molecular complexity index is 715. The summed E-state index contributed by atoms with van der Waals surface area (Å²) in [5.41, 5.74) is 1.56. The van der Waals surface area contributed by atoms with Crippen molar-refractivity contribution in [2.45, 2.75) is 6.42 Å². The third-order valence-corrected chi connectivity index (χ3v) is 3.88. The van der Waals surface area contributed by atoms with Crippen LogP contribution in [0.25, 0.3) is 0 Å². The smallest absolute Gasteiger partial charge is 0.265 e. The normalized spacial score (nSPS) is 13.3. The van der Waals surface area contributed by atoms with Gasteiger partial charge >= 0.3 is 0 Å². The average molecular weight is 310 g/mol. The van der Waals surface area contributed by atoms with Gasteiger partial charge < -0.3 is 14.5 Å². The number of nitrogens with zero attached hydrogens (tertiary/aromatic N) is 2. The Hall–Kier alpha value is -2.82.